The first-order chi connectivity index (χ1) is 15.2. The van der Waals surface area contributed by atoms with Gasteiger partial charge in [0.05, 0.1) is 12.7 Å². The molecule has 7 nitrogen and oxygen atoms in total. The van der Waals surface area contributed by atoms with Crippen molar-refractivity contribution < 1.29 is 32.2 Å². The van der Waals surface area contributed by atoms with Crippen LogP contribution in [0.4, 0.5) is 13.2 Å². The second-order valence-electron chi connectivity index (χ2n) is 7.97. The van der Waals surface area contributed by atoms with Crippen LogP contribution in [0, 0.1) is 11.6 Å². The highest BCUT2D eigenvalue weighted by molar-refractivity contribution is 14.1. The summed E-state index contributed by atoms with van der Waals surface area (Å²) in [4.78, 5) is 15.2. The zero-order chi connectivity index (χ0) is 23.4. The smallest absolute Gasteiger partial charge is 0.297 e. The standard InChI is InChI=1S/C21H27F3IN3O4/c1-11(26-12(2)29)9-30-13-4-6-14(7-5-13)32-21-27-19-15(22)8-16(31-10-17(23)25)18(24)20(19)28(21)3/h8,11,13-14,17H,4-7,9-10H2,1-3H3,(H,26,29)/t11-,13-,14-,17?/m0/s1. The monoisotopic (exact) mass is 569 g/mol. The maximum Gasteiger partial charge on any atom is 0.297 e. The normalized spacial score (nSPS) is 20.7. The summed E-state index contributed by atoms with van der Waals surface area (Å²) in [6.45, 7) is 3.40. The maximum absolute atomic E-state index is 14.9. The van der Waals surface area contributed by atoms with Crippen molar-refractivity contribution in [3.8, 4) is 11.8 Å². The van der Waals surface area contributed by atoms with Gasteiger partial charge >= 0.3 is 0 Å². The highest BCUT2D eigenvalue weighted by Gasteiger charge is 2.27. The van der Waals surface area contributed by atoms with Crippen molar-refractivity contribution in [3.05, 3.63) is 17.7 Å². The Hall–Kier alpha value is -1.76. The van der Waals surface area contributed by atoms with E-state index in [1.165, 1.54) is 41.1 Å². The van der Waals surface area contributed by atoms with E-state index in [1.54, 1.807) is 0 Å². The van der Waals surface area contributed by atoms with Gasteiger partial charge in [-0.15, -0.1) is 0 Å². The van der Waals surface area contributed by atoms with Gasteiger partial charge in [0, 0.05) is 26.1 Å². The molecule has 1 N–H and O–H groups in total. The van der Waals surface area contributed by atoms with Crippen LogP contribution in [0.2, 0.25) is 0 Å². The molecule has 0 bridgehead atoms. The van der Waals surface area contributed by atoms with Crippen LogP contribution in [-0.2, 0) is 16.6 Å². The van der Waals surface area contributed by atoms with E-state index in [-0.39, 0.29) is 47.0 Å². The number of hydrogen-bond donors (Lipinski definition) is 1. The molecule has 178 valence electrons. The third-order valence-electron chi connectivity index (χ3n) is 5.25. The lowest BCUT2D eigenvalue weighted by Crippen LogP contribution is -2.37. The van der Waals surface area contributed by atoms with E-state index in [2.05, 4.69) is 10.3 Å². The van der Waals surface area contributed by atoms with E-state index in [1.807, 2.05) is 6.92 Å². The Labute approximate surface area is 198 Å². The van der Waals surface area contributed by atoms with Crippen molar-refractivity contribution in [2.45, 2.75) is 62.0 Å². The molecule has 0 radical (unpaired) electrons. The van der Waals surface area contributed by atoms with Crippen LogP contribution >= 0.6 is 22.6 Å². The minimum absolute atomic E-state index is 0.0622. The van der Waals surface area contributed by atoms with E-state index in [0.29, 0.717) is 19.4 Å². The molecule has 1 aromatic carbocycles. The summed E-state index contributed by atoms with van der Waals surface area (Å²) in [6.07, 6.45) is 2.85. The van der Waals surface area contributed by atoms with Crippen molar-refractivity contribution in [3.63, 3.8) is 0 Å². The molecule has 0 aliphatic heterocycles. The van der Waals surface area contributed by atoms with Crippen LogP contribution in [0.3, 0.4) is 0 Å². The molecule has 1 aromatic heterocycles. The third-order valence-corrected chi connectivity index (χ3v) is 5.61. The predicted octanol–water partition coefficient (Wildman–Crippen LogP) is 4.19. The molecule has 0 saturated heterocycles. The number of rotatable bonds is 9. The second kappa shape index (κ2) is 10.9. The van der Waals surface area contributed by atoms with E-state index in [9.17, 15) is 18.0 Å². The van der Waals surface area contributed by atoms with Gasteiger partial charge in [0.15, 0.2) is 21.6 Å². The van der Waals surface area contributed by atoms with Crippen molar-refractivity contribution >= 4 is 39.5 Å². The first-order valence-corrected chi connectivity index (χ1v) is 11.7. The fourth-order valence-electron chi connectivity index (χ4n) is 3.76. The number of halogens is 4. The summed E-state index contributed by atoms with van der Waals surface area (Å²) < 4.78 is 59.2. The SMILES string of the molecule is CC(=O)N[C@@H](C)CO[C@H]1CC[C@H](Oc2nc3c(F)cc(OCC(F)I)c(F)c3n2C)CC1. The lowest BCUT2D eigenvalue weighted by Gasteiger charge is -2.29. The van der Waals surface area contributed by atoms with E-state index < -0.39 is 22.4 Å². The summed E-state index contributed by atoms with van der Waals surface area (Å²) in [6, 6.07) is 0.918. The topological polar surface area (TPSA) is 74.6 Å². The third kappa shape index (κ3) is 6.18. The number of hydrogen-bond acceptors (Lipinski definition) is 5. The number of carbonyl (C=O) groups excluding carboxylic acids is 1. The van der Waals surface area contributed by atoms with Gasteiger partial charge in [-0.05, 0) is 55.2 Å². The fourth-order valence-corrected chi connectivity index (χ4v) is 3.94. The zero-order valence-electron chi connectivity index (χ0n) is 18.2. The number of alkyl halides is 2. The second-order valence-corrected chi connectivity index (χ2v) is 9.33. The quantitative estimate of drug-likeness (QED) is 0.362. The molecule has 0 spiro atoms. The van der Waals surface area contributed by atoms with Crippen molar-refractivity contribution in [2.24, 2.45) is 7.05 Å². The first kappa shape index (κ1) is 24.9. The summed E-state index contributed by atoms with van der Waals surface area (Å²) in [5.74, 6) is -2.04. The molecule has 1 aliphatic rings. The van der Waals surface area contributed by atoms with Gasteiger partial charge in [-0.3, -0.25) is 9.36 Å². The summed E-state index contributed by atoms with van der Waals surface area (Å²) >= 11 is 1.49. The first-order valence-electron chi connectivity index (χ1n) is 10.5. The van der Waals surface area contributed by atoms with Crippen molar-refractivity contribution in [1.29, 1.82) is 0 Å². The van der Waals surface area contributed by atoms with Gasteiger partial charge in [0.1, 0.15) is 23.7 Å². The number of nitrogens with one attached hydrogen (secondary N) is 1. The molecule has 3 rings (SSSR count). The Balaban J connectivity index is 1.62. The molecule has 1 aliphatic carbocycles. The number of aromatic nitrogens is 2. The predicted molar refractivity (Wildman–Crippen MR) is 121 cm³/mol. The van der Waals surface area contributed by atoms with E-state index in [4.69, 9.17) is 14.2 Å². The Morgan fingerprint density at radius 1 is 1.28 bits per heavy atom. The summed E-state index contributed by atoms with van der Waals surface area (Å²) in [5, 5.41) is 2.78. The molecule has 32 heavy (non-hydrogen) atoms. The molecule has 1 heterocycles. The minimum atomic E-state index is -1.34. The van der Waals surface area contributed by atoms with Crippen LogP contribution in [0.25, 0.3) is 11.0 Å². The Morgan fingerprint density at radius 2 is 1.94 bits per heavy atom. The number of amides is 1. The van der Waals surface area contributed by atoms with Gasteiger partial charge in [0.25, 0.3) is 6.01 Å². The molecule has 11 heteroatoms. The van der Waals surface area contributed by atoms with Crippen molar-refractivity contribution in [1.82, 2.24) is 14.9 Å². The van der Waals surface area contributed by atoms with Gasteiger partial charge in [0.2, 0.25) is 5.91 Å². The van der Waals surface area contributed by atoms with E-state index >= 15 is 0 Å². The molecule has 1 unspecified atom stereocenters. The van der Waals surface area contributed by atoms with Gasteiger partial charge in [-0.25, -0.2) is 13.2 Å². The van der Waals surface area contributed by atoms with Crippen LogP contribution < -0.4 is 14.8 Å². The summed E-state index contributed by atoms with van der Waals surface area (Å²) in [5.41, 5.74) is -0.259. The van der Waals surface area contributed by atoms with Crippen LogP contribution in [0.5, 0.6) is 11.8 Å². The number of benzene rings is 1. The van der Waals surface area contributed by atoms with Gasteiger partial charge in [-0.1, -0.05) is 0 Å². The van der Waals surface area contributed by atoms with Gasteiger partial charge in [-0.2, -0.15) is 4.98 Å². The van der Waals surface area contributed by atoms with Crippen molar-refractivity contribution in [2.75, 3.05) is 13.2 Å². The zero-order valence-corrected chi connectivity index (χ0v) is 20.3. The van der Waals surface area contributed by atoms with Crippen LogP contribution in [-0.4, -0.2) is 51.1 Å². The average molecular weight is 569 g/mol. The number of fused-ring (bicyclic) bond motifs is 1. The highest BCUT2D eigenvalue weighted by atomic mass is 127. The Bertz CT molecular complexity index is 948. The number of aryl methyl sites for hydroxylation is 1. The van der Waals surface area contributed by atoms with E-state index in [0.717, 1.165) is 18.9 Å². The minimum Gasteiger partial charge on any atom is -0.486 e. The number of imidazole rings is 1. The fraction of sp³-hybridized carbons (Fsp3) is 0.619. The molecule has 1 saturated carbocycles. The molecule has 2 atom stereocenters. The molecule has 1 fully saturated rings. The average Bonchev–Trinajstić information content (AvgIpc) is 3.05. The summed E-state index contributed by atoms with van der Waals surface area (Å²) in [7, 11) is 1.53. The molecule has 1 amide bonds. The lowest BCUT2D eigenvalue weighted by molar-refractivity contribution is -0.120. The van der Waals surface area contributed by atoms with Crippen LogP contribution in [0.15, 0.2) is 6.07 Å². The molecular weight excluding hydrogens is 542 g/mol. The number of carbonyl (C=O) groups is 1. The number of nitrogens with zero attached hydrogens (tertiary/aromatic N) is 2. The lowest BCUT2D eigenvalue weighted by atomic mass is 9.95. The molecule has 2 aromatic rings. The van der Waals surface area contributed by atoms with Gasteiger partial charge < -0.3 is 19.5 Å². The Kier molecular flexibility index (Phi) is 8.48. The Morgan fingerprint density at radius 3 is 2.56 bits per heavy atom. The number of ether oxygens (including phenoxy) is 3. The maximum atomic E-state index is 14.9. The highest BCUT2D eigenvalue weighted by Crippen LogP contribution is 2.33. The molecular formula is C21H27F3IN3O4. The largest absolute Gasteiger partial charge is 0.486 e. The van der Waals surface area contributed by atoms with Crippen LogP contribution in [0.1, 0.15) is 39.5 Å².